The van der Waals surface area contributed by atoms with Crippen LogP contribution in [0, 0.1) is 5.82 Å². The molecule has 1 aliphatic rings. The van der Waals surface area contributed by atoms with Gasteiger partial charge in [0.2, 0.25) is 0 Å². The summed E-state index contributed by atoms with van der Waals surface area (Å²) in [6.45, 7) is 5.03. The predicted molar refractivity (Wildman–Crippen MR) is 92.5 cm³/mol. The van der Waals surface area contributed by atoms with Crippen molar-refractivity contribution in [2.45, 2.75) is 13.0 Å². The molecule has 1 aromatic carbocycles. The van der Waals surface area contributed by atoms with Gasteiger partial charge >= 0.3 is 0 Å². The molecule has 1 saturated heterocycles. The number of thiophene rings is 1. The molecule has 1 atom stereocenters. The maximum absolute atomic E-state index is 13.1. The summed E-state index contributed by atoms with van der Waals surface area (Å²) in [4.78, 5) is 12.3. The molecule has 0 saturated carbocycles. The molecular weight excluding hydrogens is 311 g/mol. The minimum atomic E-state index is -0.217. The van der Waals surface area contributed by atoms with E-state index in [1.165, 1.54) is 12.1 Å². The molecule has 0 bridgehead atoms. The summed E-state index contributed by atoms with van der Waals surface area (Å²) in [6, 6.07) is 9.10. The van der Waals surface area contributed by atoms with Gasteiger partial charge in [-0.25, -0.2) is 14.4 Å². The van der Waals surface area contributed by atoms with Crippen molar-refractivity contribution in [2.24, 2.45) is 0 Å². The SMILES string of the molecule is CC1CN(c2ncnc3cc(-c4ccc(F)cc4)sc23)CCN1. The number of piperazine rings is 1. The Bertz CT molecular complexity index is 830. The van der Waals surface area contributed by atoms with Crippen LogP contribution in [0.25, 0.3) is 20.7 Å². The lowest BCUT2D eigenvalue weighted by molar-refractivity contribution is 0.483. The van der Waals surface area contributed by atoms with Crippen molar-refractivity contribution in [1.82, 2.24) is 15.3 Å². The Kier molecular flexibility index (Phi) is 3.71. The number of rotatable bonds is 2. The summed E-state index contributed by atoms with van der Waals surface area (Å²) >= 11 is 1.67. The summed E-state index contributed by atoms with van der Waals surface area (Å²) in [5.74, 6) is 0.784. The Morgan fingerprint density at radius 2 is 2.09 bits per heavy atom. The van der Waals surface area contributed by atoms with Crippen LogP contribution >= 0.6 is 11.3 Å². The Morgan fingerprint density at radius 3 is 2.87 bits per heavy atom. The summed E-state index contributed by atoms with van der Waals surface area (Å²) in [5.41, 5.74) is 1.96. The molecule has 118 valence electrons. The van der Waals surface area contributed by atoms with Crippen LogP contribution in [0.3, 0.4) is 0 Å². The molecule has 4 nitrogen and oxygen atoms in total. The first-order valence-electron chi connectivity index (χ1n) is 7.69. The molecule has 0 amide bonds. The van der Waals surface area contributed by atoms with E-state index in [-0.39, 0.29) is 5.82 Å². The minimum absolute atomic E-state index is 0.217. The summed E-state index contributed by atoms with van der Waals surface area (Å²) < 4.78 is 14.2. The van der Waals surface area contributed by atoms with Gasteiger partial charge in [0.15, 0.2) is 0 Å². The minimum Gasteiger partial charge on any atom is -0.353 e. The number of nitrogens with one attached hydrogen (secondary N) is 1. The Morgan fingerprint density at radius 1 is 1.26 bits per heavy atom. The van der Waals surface area contributed by atoms with Crippen LogP contribution < -0.4 is 10.2 Å². The number of anilines is 1. The quantitative estimate of drug-likeness (QED) is 0.784. The van der Waals surface area contributed by atoms with E-state index < -0.39 is 0 Å². The fourth-order valence-electron chi connectivity index (χ4n) is 2.95. The van der Waals surface area contributed by atoms with Crippen LogP contribution in [0.1, 0.15) is 6.92 Å². The first-order chi connectivity index (χ1) is 11.2. The van der Waals surface area contributed by atoms with E-state index in [4.69, 9.17) is 0 Å². The molecular formula is C17H17FN4S. The van der Waals surface area contributed by atoms with E-state index in [0.717, 1.165) is 46.1 Å². The highest BCUT2D eigenvalue weighted by Gasteiger charge is 2.20. The zero-order valence-corrected chi connectivity index (χ0v) is 13.6. The molecule has 0 spiro atoms. The number of fused-ring (bicyclic) bond motifs is 1. The lowest BCUT2D eigenvalue weighted by Gasteiger charge is -2.32. The number of hydrogen-bond acceptors (Lipinski definition) is 5. The first-order valence-corrected chi connectivity index (χ1v) is 8.51. The van der Waals surface area contributed by atoms with Crippen molar-refractivity contribution >= 4 is 27.4 Å². The molecule has 1 fully saturated rings. The van der Waals surface area contributed by atoms with Crippen LogP contribution in [0.4, 0.5) is 10.2 Å². The third-order valence-electron chi connectivity index (χ3n) is 4.09. The van der Waals surface area contributed by atoms with Crippen LogP contribution in [0.5, 0.6) is 0 Å². The average molecular weight is 328 g/mol. The normalized spacial score (nSPS) is 18.5. The highest BCUT2D eigenvalue weighted by Crippen LogP contribution is 2.37. The molecule has 2 aromatic heterocycles. The second-order valence-corrected chi connectivity index (χ2v) is 6.88. The van der Waals surface area contributed by atoms with Crippen molar-refractivity contribution < 1.29 is 4.39 Å². The molecule has 6 heteroatoms. The number of aromatic nitrogens is 2. The van der Waals surface area contributed by atoms with Crippen LogP contribution in [-0.4, -0.2) is 35.6 Å². The number of hydrogen-bond donors (Lipinski definition) is 1. The Labute approximate surface area is 138 Å². The molecule has 1 unspecified atom stereocenters. The molecule has 4 rings (SSSR count). The van der Waals surface area contributed by atoms with Gasteiger partial charge in [-0.15, -0.1) is 11.3 Å². The van der Waals surface area contributed by atoms with E-state index in [1.54, 1.807) is 29.8 Å². The molecule has 3 heterocycles. The Hall–Kier alpha value is -2.05. The Balaban J connectivity index is 1.76. The maximum Gasteiger partial charge on any atom is 0.150 e. The zero-order valence-electron chi connectivity index (χ0n) is 12.8. The van der Waals surface area contributed by atoms with E-state index in [1.807, 2.05) is 0 Å². The van der Waals surface area contributed by atoms with Crippen LogP contribution in [-0.2, 0) is 0 Å². The monoisotopic (exact) mass is 328 g/mol. The van der Waals surface area contributed by atoms with E-state index >= 15 is 0 Å². The van der Waals surface area contributed by atoms with Crippen molar-refractivity contribution in [3.8, 4) is 10.4 Å². The van der Waals surface area contributed by atoms with Crippen LogP contribution in [0.15, 0.2) is 36.7 Å². The fourth-order valence-corrected chi connectivity index (χ4v) is 4.08. The molecule has 1 aliphatic heterocycles. The van der Waals surface area contributed by atoms with Gasteiger partial charge in [-0.2, -0.15) is 0 Å². The van der Waals surface area contributed by atoms with Crippen LogP contribution in [0.2, 0.25) is 0 Å². The summed E-state index contributed by atoms with van der Waals surface area (Å²) in [7, 11) is 0. The van der Waals surface area contributed by atoms with E-state index in [9.17, 15) is 4.39 Å². The molecule has 0 radical (unpaired) electrons. The fraction of sp³-hybridized carbons (Fsp3) is 0.294. The van der Waals surface area contributed by atoms with Crippen molar-refractivity contribution in [3.63, 3.8) is 0 Å². The lowest BCUT2D eigenvalue weighted by atomic mass is 10.2. The van der Waals surface area contributed by atoms with Gasteiger partial charge in [-0.1, -0.05) is 12.1 Å². The maximum atomic E-state index is 13.1. The highest BCUT2D eigenvalue weighted by atomic mass is 32.1. The smallest absolute Gasteiger partial charge is 0.150 e. The van der Waals surface area contributed by atoms with Crippen molar-refractivity contribution in [3.05, 3.63) is 42.5 Å². The largest absolute Gasteiger partial charge is 0.353 e. The zero-order chi connectivity index (χ0) is 15.8. The number of halogens is 1. The lowest BCUT2D eigenvalue weighted by Crippen LogP contribution is -2.49. The summed E-state index contributed by atoms with van der Waals surface area (Å²) in [5, 5.41) is 3.45. The van der Waals surface area contributed by atoms with Gasteiger partial charge in [0.05, 0.1) is 10.2 Å². The van der Waals surface area contributed by atoms with Gasteiger partial charge in [0.25, 0.3) is 0 Å². The molecule has 3 aromatic rings. The molecule has 0 aliphatic carbocycles. The second-order valence-electron chi connectivity index (χ2n) is 5.83. The predicted octanol–water partition coefficient (Wildman–Crippen LogP) is 3.30. The standard InChI is InChI=1S/C17H17FN4S/c1-11-9-22(7-6-19-11)17-16-14(20-10-21-17)8-15(23-16)12-2-4-13(18)5-3-12/h2-5,8,10-11,19H,6-7,9H2,1H3. The summed E-state index contributed by atoms with van der Waals surface area (Å²) in [6.07, 6.45) is 1.63. The molecule has 1 N–H and O–H groups in total. The first kappa shape index (κ1) is 14.5. The van der Waals surface area contributed by atoms with Gasteiger partial charge in [0, 0.05) is 30.6 Å². The van der Waals surface area contributed by atoms with Gasteiger partial charge < -0.3 is 10.2 Å². The third kappa shape index (κ3) is 2.80. The topological polar surface area (TPSA) is 41.1 Å². The second kappa shape index (κ2) is 5.86. The average Bonchev–Trinajstić information content (AvgIpc) is 2.99. The molecule has 23 heavy (non-hydrogen) atoms. The number of nitrogens with zero attached hydrogens (tertiary/aromatic N) is 3. The van der Waals surface area contributed by atoms with E-state index in [0.29, 0.717) is 6.04 Å². The van der Waals surface area contributed by atoms with Gasteiger partial charge in [-0.05, 0) is 30.7 Å². The van der Waals surface area contributed by atoms with E-state index in [2.05, 4.69) is 33.2 Å². The number of benzene rings is 1. The third-order valence-corrected chi connectivity index (χ3v) is 5.26. The van der Waals surface area contributed by atoms with Gasteiger partial charge in [0.1, 0.15) is 18.0 Å². The highest BCUT2D eigenvalue weighted by molar-refractivity contribution is 7.22. The van der Waals surface area contributed by atoms with Crippen molar-refractivity contribution in [2.75, 3.05) is 24.5 Å². The van der Waals surface area contributed by atoms with Gasteiger partial charge in [-0.3, -0.25) is 0 Å². The van der Waals surface area contributed by atoms with Crippen molar-refractivity contribution in [1.29, 1.82) is 0 Å².